The van der Waals surface area contributed by atoms with Crippen LogP contribution in [0.25, 0.3) is 0 Å². The first kappa shape index (κ1) is 24.1. The number of amides is 1. The van der Waals surface area contributed by atoms with Crippen LogP contribution in [0.3, 0.4) is 0 Å². The highest BCUT2D eigenvalue weighted by atomic mass is 19.4. The molecule has 2 aliphatic rings. The minimum absolute atomic E-state index is 0.0981. The Morgan fingerprint density at radius 3 is 2.23 bits per heavy atom. The second-order valence-corrected chi connectivity index (χ2v) is 9.46. The van der Waals surface area contributed by atoms with Gasteiger partial charge in [-0.2, -0.15) is 13.2 Å². The van der Waals surface area contributed by atoms with Gasteiger partial charge < -0.3 is 4.90 Å². The second kappa shape index (κ2) is 9.49. The Kier molecular flexibility index (Phi) is 7.36. The van der Waals surface area contributed by atoms with E-state index in [0.29, 0.717) is 6.04 Å². The predicted octanol–water partition coefficient (Wildman–Crippen LogP) is 4.95. The topological polar surface area (TPSA) is 26.8 Å². The Balaban J connectivity index is 1.68. The van der Waals surface area contributed by atoms with E-state index in [2.05, 4.69) is 30.6 Å². The minimum atomic E-state index is -4.30. The molecule has 174 valence electrons. The molecule has 2 aliphatic heterocycles. The Labute approximate surface area is 184 Å². The lowest BCUT2D eigenvalue weighted by Gasteiger charge is -2.53. The van der Waals surface area contributed by atoms with Gasteiger partial charge in [-0.1, -0.05) is 25.5 Å². The van der Waals surface area contributed by atoms with Gasteiger partial charge in [0.25, 0.3) is 0 Å². The molecule has 1 amide bonds. The van der Waals surface area contributed by atoms with E-state index in [9.17, 15) is 18.0 Å². The number of hydrogen-bond acceptors (Lipinski definition) is 3. The highest BCUT2D eigenvalue weighted by Gasteiger charge is 2.40. The second-order valence-electron chi connectivity index (χ2n) is 9.46. The first-order valence-electron chi connectivity index (χ1n) is 11.5. The average Bonchev–Trinajstić information content (AvgIpc) is 2.72. The summed E-state index contributed by atoms with van der Waals surface area (Å²) >= 11 is 0. The number of piperazine rings is 1. The van der Waals surface area contributed by atoms with Crippen molar-refractivity contribution < 1.29 is 18.0 Å². The van der Waals surface area contributed by atoms with Crippen molar-refractivity contribution in [3.63, 3.8) is 0 Å². The third-order valence-corrected chi connectivity index (χ3v) is 7.31. The van der Waals surface area contributed by atoms with Crippen LogP contribution in [0.2, 0.25) is 0 Å². The fraction of sp³-hybridized carbons (Fsp3) is 0.708. The van der Waals surface area contributed by atoms with E-state index in [1.54, 1.807) is 19.1 Å². The summed E-state index contributed by atoms with van der Waals surface area (Å²) in [6.45, 7) is 12.7. The van der Waals surface area contributed by atoms with E-state index in [1.807, 2.05) is 4.90 Å². The zero-order valence-corrected chi connectivity index (χ0v) is 19.2. The number of nitrogens with zero attached hydrogens (tertiary/aromatic N) is 3. The van der Waals surface area contributed by atoms with Gasteiger partial charge in [-0.3, -0.25) is 14.6 Å². The molecule has 0 N–H and O–H groups in total. The largest absolute Gasteiger partial charge is 0.416 e. The van der Waals surface area contributed by atoms with Crippen LogP contribution in [0.15, 0.2) is 24.3 Å². The maximum atomic E-state index is 13.0. The van der Waals surface area contributed by atoms with Crippen LogP contribution in [0.5, 0.6) is 0 Å². The quantitative estimate of drug-likeness (QED) is 0.649. The van der Waals surface area contributed by atoms with Crippen molar-refractivity contribution in [3.8, 4) is 0 Å². The molecule has 31 heavy (non-hydrogen) atoms. The van der Waals surface area contributed by atoms with Crippen molar-refractivity contribution in [1.29, 1.82) is 0 Å². The molecule has 2 atom stereocenters. The zero-order chi connectivity index (χ0) is 22.8. The molecule has 0 saturated carbocycles. The molecule has 0 aromatic heterocycles. The van der Waals surface area contributed by atoms with E-state index < -0.39 is 11.7 Å². The third kappa shape index (κ3) is 5.43. The highest BCUT2D eigenvalue weighted by molar-refractivity contribution is 5.73. The van der Waals surface area contributed by atoms with Crippen molar-refractivity contribution in [1.82, 2.24) is 14.7 Å². The number of carbonyl (C=O) groups excluding carboxylic acids is 1. The minimum Gasteiger partial charge on any atom is -0.343 e. The molecule has 0 radical (unpaired) electrons. The summed E-state index contributed by atoms with van der Waals surface area (Å²) in [5.74, 6) is 0.152. The first-order valence-corrected chi connectivity index (χ1v) is 11.5. The maximum absolute atomic E-state index is 13.0. The molecule has 7 heteroatoms. The highest BCUT2D eigenvalue weighted by Crippen LogP contribution is 2.36. The number of halogens is 3. The Hall–Kier alpha value is -1.60. The molecule has 0 aliphatic carbocycles. The lowest BCUT2D eigenvalue weighted by atomic mass is 9.86. The summed E-state index contributed by atoms with van der Waals surface area (Å²) in [4.78, 5) is 18.6. The van der Waals surface area contributed by atoms with Gasteiger partial charge in [-0.15, -0.1) is 0 Å². The molecule has 2 saturated heterocycles. The number of rotatable bonds is 5. The van der Waals surface area contributed by atoms with Crippen molar-refractivity contribution in [2.24, 2.45) is 0 Å². The molecule has 0 spiro atoms. The predicted molar refractivity (Wildman–Crippen MR) is 117 cm³/mol. The fourth-order valence-electron chi connectivity index (χ4n) is 5.24. The molecule has 2 fully saturated rings. The number of likely N-dealkylation sites (tertiary alicyclic amines) is 1. The monoisotopic (exact) mass is 439 g/mol. The molecular formula is C24H36F3N3O. The Morgan fingerprint density at radius 2 is 1.74 bits per heavy atom. The van der Waals surface area contributed by atoms with Gasteiger partial charge in [-0.25, -0.2) is 0 Å². The summed E-state index contributed by atoms with van der Waals surface area (Å²) in [5.41, 5.74) is 0.478. The van der Waals surface area contributed by atoms with Crippen LogP contribution in [0, 0.1) is 0 Å². The van der Waals surface area contributed by atoms with E-state index in [1.165, 1.54) is 12.1 Å². The third-order valence-electron chi connectivity index (χ3n) is 7.31. The standard InChI is InChI=1S/C24H36F3N3O/c1-5-6-22(20-7-9-21(10-8-20)24(25,26)27)30-16-15-29(17-18(30)2)23(4)11-13-28(14-12-23)19(3)31/h7-10,18,22H,5-6,11-17H2,1-4H3/t18-,22-/m0/s1. The van der Waals surface area contributed by atoms with E-state index in [0.717, 1.165) is 64.0 Å². The van der Waals surface area contributed by atoms with E-state index in [-0.39, 0.29) is 17.5 Å². The lowest BCUT2D eigenvalue weighted by Crippen LogP contribution is -2.62. The molecule has 3 rings (SSSR count). The van der Waals surface area contributed by atoms with Crippen LogP contribution in [0.4, 0.5) is 13.2 Å². The molecule has 0 unspecified atom stereocenters. The van der Waals surface area contributed by atoms with Gasteiger partial charge >= 0.3 is 6.18 Å². The van der Waals surface area contributed by atoms with Crippen LogP contribution in [0.1, 0.15) is 70.5 Å². The average molecular weight is 440 g/mol. The maximum Gasteiger partial charge on any atom is 0.416 e. The first-order chi connectivity index (χ1) is 14.5. The van der Waals surface area contributed by atoms with E-state index >= 15 is 0 Å². The van der Waals surface area contributed by atoms with E-state index in [4.69, 9.17) is 0 Å². The fourth-order valence-corrected chi connectivity index (χ4v) is 5.24. The number of piperidine rings is 1. The summed E-state index contributed by atoms with van der Waals surface area (Å²) in [5, 5.41) is 0. The number of benzene rings is 1. The molecular weight excluding hydrogens is 403 g/mol. The molecule has 2 heterocycles. The van der Waals surface area contributed by atoms with Crippen LogP contribution in [-0.2, 0) is 11.0 Å². The van der Waals surface area contributed by atoms with Crippen LogP contribution < -0.4 is 0 Å². The molecule has 0 bridgehead atoms. The lowest BCUT2D eigenvalue weighted by molar-refractivity contribution is -0.137. The normalized spacial score (nSPS) is 24.2. The summed E-state index contributed by atoms with van der Waals surface area (Å²) in [6.07, 6.45) is -0.421. The van der Waals surface area contributed by atoms with Crippen molar-refractivity contribution in [2.45, 2.75) is 77.2 Å². The van der Waals surface area contributed by atoms with Crippen LogP contribution in [-0.4, -0.2) is 64.9 Å². The zero-order valence-electron chi connectivity index (χ0n) is 19.2. The Bertz CT molecular complexity index is 741. The number of carbonyl (C=O) groups is 1. The summed E-state index contributed by atoms with van der Waals surface area (Å²) in [6, 6.07) is 6.18. The Morgan fingerprint density at radius 1 is 1.13 bits per heavy atom. The molecule has 1 aromatic rings. The van der Waals surface area contributed by atoms with Gasteiger partial charge in [0, 0.05) is 57.3 Å². The smallest absolute Gasteiger partial charge is 0.343 e. The van der Waals surface area contributed by atoms with Crippen molar-refractivity contribution in [3.05, 3.63) is 35.4 Å². The van der Waals surface area contributed by atoms with Gasteiger partial charge in [-0.05, 0) is 50.8 Å². The van der Waals surface area contributed by atoms with Gasteiger partial charge in [0.15, 0.2) is 0 Å². The summed E-state index contributed by atoms with van der Waals surface area (Å²) < 4.78 is 38.9. The number of hydrogen-bond donors (Lipinski definition) is 0. The molecule has 1 aromatic carbocycles. The molecule has 4 nitrogen and oxygen atoms in total. The van der Waals surface area contributed by atoms with Gasteiger partial charge in [0.2, 0.25) is 5.91 Å². The van der Waals surface area contributed by atoms with Crippen molar-refractivity contribution >= 4 is 5.91 Å². The number of alkyl halides is 3. The van der Waals surface area contributed by atoms with Gasteiger partial charge in [0.1, 0.15) is 0 Å². The van der Waals surface area contributed by atoms with Crippen LogP contribution >= 0.6 is 0 Å². The SMILES string of the molecule is CCC[C@@H](c1ccc(C(F)(F)F)cc1)N1CCN(C2(C)CCN(C(C)=O)CC2)C[C@@H]1C. The van der Waals surface area contributed by atoms with Gasteiger partial charge in [0.05, 0.1) is 5.56 Å². The van der Waals surface area contributed by atoms with Crippen molar-refractivity contribution in [2.75, 3.05) is 32.7 Å². The summed E-state index contributed by atoms with van der Waals surface area (Å²) in [7, 11) is 0.